The Bertz CT molecular complexity index is 95.0. The summed E-state index contributed by atoms with van der Waals surface area (Å²) in [6.07, 6.45) is 1.94. The van der Waals surface area contributed by atoms with Crippen LogP contribution in [0.15, 0.2) is 0 Å². The number of carbonyl (C=O) groups is 1. The summed E-state index contributed by atoms with van der Waals surface area (Å²) in [5, 5.41) is 8.39. The number of aliphatic carboxylic acids is 1. The van der Waals surface area contributed by atoms with Gasteiger partial charge in [-0.15, -0.1) is 0 Å². The summed E-state index contributed by atoms with van der Waals surface area (Å²) in [4.78, 5) is 10.2. The van der Waals surface area contributed by atoms with Crippen molar-refractivity contribution in [3.63, 3.8) is 0 Å². The Labute approximate surface area is 62.8 Å². The largest absolute Gasteiger partial charge is 0.481 e. The summed E-state index contributed by atoms with van der Waals surface area (Å²) in [5.41, 5.74) is 0. The van der Waals surface area contributed by atoms with Crippen molar-refractivity contribution in [2.45, 2.75) is 6.92 Å². The molecule has 0 unspecified atom stereocenters. The summed E-state index contributed by atoms with van der Waals surface area (Å²) in [6.45, 7) is 1.71. The molecular formula is C5H10O2S2. The van der Waals surface area contributed by atoms with Crippen molar-refractivity contribution in [3.05, 3.63) is 0 Å². The lowest BCUT2D eigenvalue weighted by atomic mass is 10.2. The van der Waals surface area contributed by atoms with Crippen molar-refractivity contribution < 1.29 is 9.90 Å². The van der Waals surface area contributed by atoms with Crippen LogP contribution in [0.4, 0.5) is 0 Å². The quantitative estimate of drug-likeness (QED) is 0.645. The minimum atomic E-state index is -0.712. The van der Waals surface area contributed by atoms with Crippen LogP contribution in [-0.2, 0) is 4.79 Å². The van der Waals surface area contributed by atoms with Gasteiger partial charge >= 0.3 is 5.97 Å². The van der Waals surface area contributed by atoms with Crippen LogP contribution in [0.1, 0.15) is 6.92 Å². The first-order valence-corrected chi connectivity index (χ1v) is 5.29. The fourth-order valence-corrected chi connectivity index (χ4v) is 1.74. The molecule has 0 amide bonds. The van der Waals surface area contributed by atoms with Gasteiger partial charge in [0.05, 0.1) is 5.92 Å². The van der Waals surface area contributed by atoms with Crippen LogP contribution in [0.5, 0.6) is 0 Å². The van der Waals surface area contributed by atoms with E-state index in [1.54, 1.807) is 28.5 Å². The number of hydrogen-bond acceptors (Lipinski definition) is 3. The fraction of sp³-hybridized carbons (Fsp3) is 0.800. The molecule has 0 radical (unpaired) electrons. The van der Waals surface area contributed by atoms with Gasteiger partial charge in [0.2, 0.25) is 0 Å². The first-order valence-electron chi connectivity index (χ1n) is 2.57. The molecule has 0 spiro atoms. The molecule has 0 rings (SSSR count). The maximum absolute atomic E-state index is 10.2. The molecule has 0 aliphatic heterocycles. The zero-order chi connectivity index (χ0) is 7.28. The molecule has 0 saturated carbocycles. The molecule has 0 aliphatic carbocycles. The molecule has 1 atom stereocenters. The van der Waals surface area contributed by atoms with Crippen LogP contribution in [0, 0.1) is 5.92 Å². The SMILES string of the molecule is CSSC[C@H](C)C(=O)O. The molecule has 0 saturated heterocycles. The third-order valence-electron chi connectivity index (χ3n) is 0.857. The van der Waals surface area contributed by atoms with Gasteiger partial charge in [0.1, 0.15) is 0 Å². The molecular weight excluding hydrogens is 156 g/mol. The summed E-state index contributed by atoms with van der Waals surface area (Å²) in [5.74, 6) is -0.241. The Hall–Kier alpha value is 0.170. The van der Waals surface area contributed by atoms with E-state index in [9.17, 15) is 4.79 Å². The molecule has 2 nitrogen and oxygen atoms in total. The summed E-state index contributed by atoms with van der Waals surface area (Å²) >= 11 is 0. The standard InChI is InChI=1S/C5H10O2S2/c1-4(5(6)7)3-9-8-2/h4H,3H2,1-2H3,(H,6,7)/t4-/m0/s1. The smallest absolute Gasteiger partial charge is 0.307 e. The number of rotatable bonds is 4. The number of carboxylic acids is 1. The minimum Gasteiger partial charge on any atom is -0.481 e. The van der Waals surface area contributed by atoms with Crippen molar-refractivity contribution in [2.75, 3.05) is 12.0 Å². The maximum Gasteiger partial charge on any atom is 0.307 e. The Morgan fingerprint density at radius 3 is 2.67 bits per heavy atom. The van der Waals surface area contributed by atoms with Crippen molar-refractivity contribution in [1.82, 2.24) is 0 Å². The van der Waals surface area contributed by atoms with Crippen LogP contribution in [0.25, 0.3) is 0 Å². The second-order valence-corrected chi connectivity index (χ2v) is 4.30. The van der Waals surface area contributed by atoms with Gasteiger partial charge in [-0.3, -0.25) is 4.79 Å². The van der Waals surface area contributed by atoms with Gasteiger partial charge in [-0.25, -0.2) is 0 Å². The first kappa shape index (κ1) is 9.17. The molecule has 0 fully saturated rings. The topological polar surface area (TPSA) is 37.3 Å². The minimum absolute atomic E-state index is 0.220. The van der Waals surface area contributed by atoms with Crippen molar-refractivity contribution >= 4 is 27.6 Å². The Kier molecular flexibility index (Phi) is 5.09. The van der Waals surface area contributed by atoms with E-state index in [4.69, 9.17) is 5.11 Å². The monoisotopic (exact) mass is 166 g/mol. The molecule has 1 N–H and O–H groups in total. The van der Waals surface area contributed by atoms with Crippen LogP contribution in [0.2, 0.25) is 0 Å². The highest BCUT2D eigenvalue weighted by molar-refractivity contribution is 8.76. The molecule has 0 heterocycles. The lowest BCUT2D eigenvalue weighted by molar-refractivity contribution is -0.140. The average molecular weight is 166 g/mol. The van der Waals surface area contributed by atoms with Gasteiger partial charge in [-0.05, 0) is 6.26 Å². The van der Waals surface area contributed by atoms with E-state index in [2.05, 4.69) is 0 Å². The average Bonchev–Trinajstić information content (AvgIpc) is 1.82. The Morgan fingerprint density at radius 2 is 2.33 bits per heavy atom. The summed E-state index contributed by atoms with van der Waals surface area (Å²) in [7, 11) is 3.18. The predicted octanol–water partition coefficient (Wildman–Crippen LogP) is 1.72. The van der Waals surface area contributed by atoms with E-state index in [-0.39, 0.29) is 5.92 Å². The van der Waals surface area contributed by atoms with E-state index in [1.165, 1.54) is 0 Å². The molecule has 0 aromatic carbocycles. The van der Waals surface area contributed by atoms with Gasteiger partial charge < -0.3 is 5.11 Å². The number of carboxylic acid groups (broad SMARTS) is 1. The molecule has 0 bridgehead atoms. The van der Waals surface area contributed by atoms with Gasteiger partial charge in [-0.1, -0.05) is 28.5 Å². The number of hydrogen-bond donors (Lipinski definition) is 1. The van der Waals surface area contributed by atoms with E-state index in [0.29, 0.717) is 5.75 Å². The van der Waals surface area contributed by atoms with E-state index < -0.39 is 5.97 Å². The second-order valence-electron chi connectivity index (χ2n) is 1.69. The van der Waals surface area contributed by atoms with Crippen LogP contribution in [-0.4, -0.2) is 23.1 Å². The van der Waals surface area contributed by atoms with Crippen LogP contribution < -0.4 is 0 Å². The Balaban J connectivity index is 3.27. The highest BCUT2D eigenvalue weighted by Crippen LogP contribution is 2.19. The van der Waals surface area contributed by atoms with Crippen LogP contribution in [0.3, 0.4) is 0 Å². The van der Waals surface area contributed by atoms with E-state index in [1.807, 2.05) is 6.26 Å². The third kappa shape index (κ3) is 4.66. The first-order chi connectivity index (χ1) is 4.18. The zero-order valence-corrected chi connectivity index (χ0v) is 7.09. The maximum atomic E-state index is 10.2. The van der Waals surface area contributed by atoms with Gasteiger partial charge in [0.25, 0.3) is 0 Å². The van der Waals surface area contributed by atoms with Crippen molar-refractivity contribution in [3.8, 4) is 0 Å². The van der Waals surface area contributed by atoms with Gasteiger partial charge in [-0.2, -0.15) is 0 Å². The lowest BCUT2D eigenvalue weighted by Crippen LogP contribution is -2.10. The molecule has 9 heavy (non-hydrogen) atoms. The highest BCUT2D eigenvalue weighted by atomic mass is 33.1. The zero-order valence-electron chi connectivity index (χ0n) is 5.46. The van der Waals surface area contributed by atoms with E-state index in [0.717, 1.165) is 0 Å². The molecule has 0 aromatic heterocycles. The lowest BCUT2D eigenvalue weighted by Gasteiger charge is -2.01. The molecule has 4 heteroatoms. The fourth-order valence-electron chi connectivity index (χ4n) is 0.241. The molecule has 0 aromatic rings. The highest BCUT2D eigenvalue weighted by Gasteiger charge is 2.09. The third-order valence-corrected chi connectivity index (χ3v) is 2.84. The van der Waals surface area contributed by atoms with Crippen molar-refractivity contribution in [2.24, 2.45) is 5.92 Å². The van der Waals surface area contributed by atoms with Gasteiger partial charge in [0, 0.05) is 5.75 Å². The van der Waals surface area contributed by atoms with E-state index >= 15 is 0 Å². The normalized spacial score (nSPS) is 13.1. The van der Waals surface area contributed by atoms with Gasteiger partial charge in [0.15, 0.2) is 0 Å². The van der Waals surface area contributed by atoms with Crippen LogP contribution >= 0.6 is 21.6 Å². The predicted molar refractivity (Wildman–Crippen MR) is 42.8 cm³/mol. The Morgan fingerprint density at radius 1 is 1.78 bits per heavy atom. The molecule has 0 aliphatic rings. The molecule has 54 valence electrons. The van der Waals surface area contributed by atoms with Crippen molar-refractivity contribution in [1.29, 1.82) is 0 Å². The second kappa shape index (κ2) is 4.99. The summed E-state index contributed by atoms with van der Waals surface area (Å²) in [6, 6.07) is 0. The summed E-state index contributed by atoms with van der Waals surface area (Å²) < 4.78 is 0.